The summed E-state index contributed by atoms with van der Waals surface area (Å²) in [6, 6.07) is 0. The van der Waals surface area contributed by atoms with E-state index in [1.165, 1.54) is 12.0 Å². The number of hydrogen-bond donors (Lipinski definition) is 1. The van der Waals surface area contributed by atoms with Crippen LogP contribution in [0, 0.1) is 0 Å². The van der Waals surface area contributed by atoms with Gasteiger partial charge in [-0.05, 0) is 13.8 Å². The molecule has 0 rings (SSSR count). The molecule has 0 aromatic heterocycles. The average molecular weight is 233 g/mol. The highest BCUT2D eigenvalue weighted by Crippen LogP contribution is 1.99. The molecule has 0 aliphatic heterocycles. The monoisotopic (exact) mass is 233 g/mol. The molecule has 6 nitrogen and oxygen atoms in total. The average Bonchev–Trinajstić information content (AvgIpc) is 2.23. The Bertz CT molecular complexity index is 231. The fourth-order valence-corrected chi connectivity index (χ4v) is 1.21. The van der Waals surface area contributed by atoms with Gasteiger partial charge in [-0.3, -0.25) is 9.59 Å². The van der Waals surface area contributed by atoms with Gasteiger partial charge in [0.05, 0.1) is 6.61 Å². The molecule has 0 saturated heterocycles. The molecule has 94 valence electrons. The van der Waals surface area contributed by atoms with E-state index in [2.05, 4.69) is 0 Å². The van der Waals surface area contributed by atoms with Crippen molar-refractivity contribution >= 4 is 11.9 Å². The Morgan fingerprint density at radius 3 is 2.50 bits per heavy atom. The minimum atomic E-state index is -1.05. The molecule has 0 aliphatic rings. The van der Waals surface area contributed by atoms with Crippen molar-refractivity contribution in [1.82, 2.24) is 4.90 Å². The zero-order valence-corrected chi connectivity index (χ0v) is 9.93. The van der Waals surface area contributed by atoms with Gasteiger partial charge in [0.2, 0.25) is 0 Å². The van der Waals surface area contributed by atoms with Crippen LogP contribution in [-0.2, 0) is 19.1 Å². The van der Waals surface area contributed by atoms with Crippen molar-refractivity contribution in [3.63, 3.8) is 0 Å². The van der Waals surface area contributed by atoms with Gasteiger partial charge >= 0.3 is 5.97 Å². The molecule has 1 atom stereocenters. The van der Waals surface area contributed by atoms with Crippen molar-refractivity contribution in [3.8, 4) is 0 Å². The van der Waals surface area contributed by atoms with Gasteiger partial charge in [0.25, 0.3) is 5.91 Å². The molecular weight excluding hydrogens is 214 g/mol. The van der Waals surface area contributed by atoms with Crippen molar-refractivity contribution in [3.05, 3.63) is 0 Å². The van der Waals surface area contributed by atoms with Gasteiger partial charge in [-0.1, -0.05) is 0 Å². The van der Waals surface area contributed by atoms with Gasteiger partial charge in [0.1, 0.15) is 12.6 Å². The van der Waals surface area contributed by atoms with Gasteiger partial charge in [-0.25, -0.2) is 0 Å². The first-order valence-corrected chi connectivity index (χ1v) is 5.14. The van der Waals surface area contributed by atoms with E-state index in [0.29, 0.717) is 13.2 Å². The Labute approximate surface area is 95.1 Å². The third kappa shape index (κ3) is 5.67. The first kappa shape index (κ1) is 14.9. The minimum Gasteiger partial charge on any atom is -0.480 e. The predicted molar refractivity (Wildman–Crippen MR) is 57.2 cm³/mol. The molecule has 0 heterocycles. The molecule has 0 fully saturated rings. The van der Waals surface area contributed by atoms with Crippen LogP contribution in [0.15, 0.2) is 0 Å². The number of carbonyl (C=O) groups is 2. The fraction of sp³-hybridized carbons (Fsp3) is 0.800. The molecule has 6 heteroatoms. The Morgan fingerprint density at radius 2 is 2.06 bits per heavy atom. The molecule has 0 saturated carbocycles. The summed E-state index contributed by atoms with van der Waals surface area (Å²) < 4.78 is 9.94. The first-order valence-electron chi connectivity index (χ1n) is 5.14. The second-order valence-corrected chi connectivity index (χ2v) is 3.24. The maximum atomic E-state index is 11.8. The topological polar surface area (TPSA) is 76.1 Å². The lowest BCUT2D eigenvalue weighted by Gasteiger charge is -2.23. The van der Waals surface area contributed by atoms with Gasteiger partial charge in [0.15, 0.2) is 0 Å². The third-order valence-corrected chi connectivity index (χ3v) is 1.97. The number of carbonyl (C=O) groups excluding carboxylic acids is 1. The van der Waals surface area contributed by atoms with E-state index in [1.807, 2.05) is 0 Å². The van der Waals surface area contributed by atoms with Crippen LogP contribution < -0.4 is 0 Å². The molecule has 0 radical (unpaired) electrons. The Kier molecular flexibility index (Phi) is 7.49. The molecule has 1 unspecified atom stereocenters. The number of aliphatic carboxylic acids is 1. The van der Waals surface area contributed by atoms with E-state index in [1.54, 1.807) is 13.8 Å². The maximum Gasteiger partial charge on any atom is 0.323 e. The first-order chi connectivity index (χ1) is 7.52. The van der Waals surface area contributed by atoms with Crippen molar-refractivity contribution in [1.29, 1.82) is 0 Å². The summed E-state index contributed by atoms with van der Waals surface area (Å²) in [6.45, 7) is 4.02. The quantitative estimate of drug-likeness (QED) is 0.637. The minimum absolute atomic E-state index is 0.249. The molecule has 16 heavy (non-hydrogen) atoms. The molecule has 0 aromatic rings. The number of ether oxygens (including phenoxy) is 2. The van der Waals surface area contributed by atoms with Crippen molar-refractivity contribution < 1.29 is 24.2 Å². The molecule has 0 spiro atoms. The summed E-state index contributed by atoms with van der Waals surface area (Å²) in [7, 11) is 1.50. The molecule has 1 amide bonds. The number of amides is 1. The van der Waals surface area contributed by atoms with Crippen LogP contribution in [0.2, 0.25) is 0 Å². The van der Waals surface area contributed by atoms with Crippen LogP contribution in [0.3, 0.4) is 0 Å². The van der Waals surface area contributed by atoms with E-state index in [-0.39, 0.29) is 19.0 Å². The molecule has 0 aromatic carbocycles. The number of nitrogens with zero attached hydrogens (tertiary/aromatic N) is 1. The molecule has 0 bridgehead atoms. The van der Waals surface area contributed by atoms with Crippen molar-refractivity contribution in [2.45, 2.75) is 20.0 Å². The van der Waals surface area contributed by atoms with Crippen molar-refractivity contribution in [2.24, 2.45) is 0 Å². The summed E-state index contributed by atoms with van der Waals surface area (Å²) >= 11 is 0. The summed E-state index contributed by atoms with van der Waals surface area (Å²) in [6.07, 6.45) is -0.624. The highest BCUT2D eigenvalue weighted by Gasteiger charge is 2.22. The lowest BCUT2D eigenvalue weighted by Crippen LogP contribution is -2.43. The number of rotatable bonds is 8. The van der Waals surface area contributed by atoms with Crippen molar-refractivity contribution in [2.75, 3.05) is 33.4 Å². The maximum absolute atomic E-state index is 11.8. The SMILES string of the molecule is CCOC(C)C(=O)N(CCOC)CC(=O)O. The second kappa shape index (κ2) is 8.06. The summed E-state index contributed by atoms with van der Waals surface area (Å²) in [5, 5.41) is 8.67. The summed E-state index contributed by atoms with van der Waals surface area (Å²) in [5.74, 6) is -1.38. The molecule has 1 N–H and O–H groups in total. The van der Waals surface area contributed by atoms with E-state index >= 15 is 0 Å². The van der Waals surface area contributed by atoms with Crippen LogP contribution >= 0.6 is 0 Å². The van der Waals surface area contributed by atoms with Crippen LogP contribution in [0.1, 0.15) is 13.8 Å². The highest BCUT2D eigenvalue weighted by atomic mass is 16.5. The zero-order valence-electron chi connectivity index (χ0n) is 9.93. The van der Waals surface area contributed by atoms with E-state index in [0.717, 1.165) is 0 Å². The van der Waals surface area contributed by atoms with Crippen LogP contribution in [-0.4, -0.2) is 61.4 Å². The number of carboxylic acids is 1. The highest BCUT2D eigenvalue weighted by molar-refractivity contribution is 5.84. The third-order valence-electron chi connectivity index (χ3n) is 1.97. The Hall–Kier alpha value is -1.14. The normalized spacial score (nSPS) is 12.2. The lowest BCUT2D eigenvalue weighted by atomic mass is 10.3. The van der Waals surface area contributed by atoms with Gasteiger partial charge < -0.3 is 19.5 Å². The van der Waals surface area contributed by atoms with E-state index < -0.39 is 12.1 Å². The number of methoxy groups -OCH3 is 1. The van der Waals surface area contributed by atoms with E-state index in [4.69, 9.17) is 14.6 Å². The zero-order chi connectivity index (χ0) is 12.6. The van der Waals surface area contributed by atoms with Crippen LogP contribution in [0.5, 0.6) is 0 Å². The Morgan fingerprint density at radius 1 is 1.44 bits per heavy atom. The molecule has 0 aliphatic carbocycles. The van der Waals surface area contributed by atoms with Gasteiger partial charge in [-0.2, -0.15) is 0 Å². The fourth-order valence-electron chi connectivity index (χ4n) is 1.21. The second-order valence-electron chi connectivity index (χ2n) is 3.24. The van der Waals surface area contributed by atoms with Crippen LogP contribution in [0.4, 0.5) is 0 Å². The van der Waals surface area contributed by atoms with E-state index in [9.17, 15) is 9.59 Å². The predicted octanol–water partition coefficient (Wildman–Crippen LogP) is -0.0290. The lowest BCUT2D eigenvalue weighted by molar-refractivity contribution is -0.150. The smallest absolute Gasteiger partial charge is 0.323 e. The number of hydrogen-bond acceptors (Lipinski definition) is 4. The Balaban J connectivity index is 4.35. The van der Waals surface area contributed by atoms with Gasteiger partial charge in [-0.15, -0.1) is 0 Å². The summed E-state index contributed by atoms with van der Waals surface area (Å²) in [4.78, 5) is 23.6. The molecular formula is C10H19NO5. The van der Waals surface area contributed by atoms with Crippen LogP contribution in [0.25, 0.3) is 0 Å². The number of carboxylic acid groups (broad SMARTS) is 1. The standard InChI is InChI=1S/C10H19NO5/c1-4-16-8(2)10(14)11(5-6-15-3)7-9(12)13/h8H,4-7H2,1-3H3,(H,12,13). The largest absolute Gasteiger partial charge is 0.480 e. The van der Waals surface area contributed by atoms with Gasteiger partial charge in [0, 0.05) is 20.3 Å². The summed E-state index contributed by atoms with van der Waals surface area (Å²) in [5.41, 5.74) is 0.